The van der Waals surface area contributed by atoms with Crippen LogP contribution < -0.4 is 0 Å². The highest BCUT2D eigenvalue weighted by Crippen LogP contribution is 2.25. The number of terminal acetylenes is 1. The molecule has 6 heteroatoms. The summed E-state index contributed by atoms with van der Waals surface area (Å²) in [5, 5.41) is 6.29. The summed E-state index contributed by atoms with van der Waals surface area (Å²) < 4.78 is 1.76. The first-order valence-corrected chi connectivity index (χ1v) is 7.97. The smallest absolute Gasteiger partial charge is 0.192 e. The molecule has 3 heterocycles. The molecule has 0 saturated carbocycles. The molecule has 3 aromatic heterocycles. The first-order valence-electron chi connectivity index (χ1n) is 6.99. The zero-order valence-electron chi connectivity index (χ0n) is 12.0. The fourth-order valence-electron chi connectivity index (χ4n) is 2.35. The van der Waals surface area contributed by atoms with Gasteiger partial charge in [0.05, 0.1) is 11.3 Å². The van der Waals surface area contributed by atoms with Crippen molar-refractivity contribution in [3.63, 3.8) is 0 Å². The molecule has 0 fully saturated rings. The van der Waals surface area contributed by atoms with E-state index in [2.05, 4.69) is 26.0 Å². The van der Waals surface area contributed by atoms with Crippen LogP contribution in [0.2, 0.25) is 0 Å². The highest BCUT2D eigenvalue weighted by atomic mass is 32.2. The molecule has 0 saturated heterocycles. The molecule has 0 amide bonds. The summed E-state index contributed by atoms with van der Waals surface area (Å²) >= 11 is 1.47. The van der Waals surface area contributed by atoms with Crippen molar-refractivity contribution in [3.05, 3.63) is 48.8 Å². The molecule has 0 spiro atoms. The van der Waals surface area contributed by atoms with E-state index in [9.17, 15) is 0 Å². The number of rotatable bonds is 3. The van der Waals surface area contributed by atoms with E-state index >= 15 is 0 Å². The van der Waals surface area contributed by atoms with Crippen molar-refractivity contribution in [2.24, 2.45) is 0 Å². The highest BCUT2D eigenvalue weighted by molar-refractivity contribution is 7.99. The summed E-state index contributed by atoms with van der Waals surface area (Å²) in [5.41, 5.74) is 2.52. The van der Waals surface area contributed by atoms with Crippen molar-refractivity contribution in [2.45, 2.75) is 5.16 Å². The van der Waals surface area contributed by atoms with Crippen LogP contribution in [0, 0.1) is 12.3 Å². The Balaban J connectivity index is 2.00. The SMILES string of the molecule is C#CCSc1nc2ccccc2c2nc(-c3cccnc3)nn12. The Morgan fingerprint density at radius 2 is 2.04 bits per heavy atom. The normalized spacial score (nSPS) is 10.9. The monoisotopic (exact) mass is 317 g/mol. The molecular weight excluding hydrogens is 306 g/mol. The van der Waals surface area contributed by atoms with Crippen LogP contribution in [-0.4, -0.2) is 30.3 Å². The van der Waals surface area contributed by atoms with Gasteiger partial charge in [0.1, 0.15) is 0 Å². The van der Waals surface area contributed by atoms with E-state index in [-0.39, 0.29) is 0 Å². The molecule has 4 rings (SSSR count). The molecule has 0 N–H and O–H groups in total. The predicted octanol–water partition coefficient (Wildman–Crippen LogP) is 3.06. The Labute approximate surface area is 136 Å². The number of thioether (sulfide) groups is 1. The molecule has 4 aromatic rings. The van der Waals surface area contributed by atoms with Crippen molar-refractivity contribution in [2.75, 3.05) is 5.75 Å². The van der Waals surface area contributed by atoms with Gasteiger partial charge < -0.3 is 0 Å². The molecular formula is C17H11N5S. The standard InChI is InChI=1S/C17H11N5S/c1-2-10-23-17-19-14-8-4-3-7-13(14)16-20-15(21-22(16)17)12-6-5-9-18-11-12/h1,3-9,11H,10H2. The second-order valence-electron chi connectivity index (χ2n) is 4.82. The van der Waals surface area contributed by atoms with Gasteiger partial charge in [0.25, 0.3) is 0 Å². The average Bonchev–Trinajstić information content (AvgIpc) is 3.06. The fraction of sp³-hybridized carbons (Fsp3) is 0.0588. The Morgan fingerprint density at radius 1 is 1.13 bits per heavy atom. The number of benzene rings is 1. The maximum absolute atomic E-state index is 5.38. The van der Waals surface area contributed by atoms with Crippen molar-refractivity contribution >= 4 is 28.3 Å². The maximum atomic E-state index is 5.38. The van der Waals surface area contributed by atoms with Crippen LogP contribution in [0.25, 0.3) is 27.9 Å². The van der Waals surface area contributed by atoms with Gasteiger partial charge in [-0.15, -0.1) is 11.5 Å². The Kier molecular flexibility index (Phi) is 3.41. The van der Waals surface area contributed by atoms with Crippen LogP contribution in [0.4, 0.5) is 0 Å². The van der Waals surface area contributed by atoms with Gasteiger partial charge in [0, 0.05) is 23.3 Å². The Morgan fingerprint density at radius 3 is 2.87 bits per heavy atom. The van der Waals surface area contributed by atoms with Gasteiger partial charge in [-0.1, -0.05) is 29.8 Å². The highest BCUT2D eigenvalue weighted by Gasteiger charge is 2.14. The maximum Gasteiger partial charge on any atom is 0.192 e. The molecule has 0 aliphatic rings. The zero-order valence-corrected chi connectivity index (χ0v) is 12.9. The summed E-state index contributed by atoms with van der Waals surface area (Å²) in [5.74, 6) is 3.77. The van der Waals surface area contributed by atoms with Gasteiger partial charge in [-0.05, 0) is 24.3 Å². The average molecular weight is 317 g/mol. The van der Waals surface area contributed by atoms with E-state index in [1.165, 1.54) is 11.8 Å². The fourth-order valence-corrected chi connectivity index (χ4v) is 2.97. The lowest BCUT2D eigenvalue weighted by Gasteiger charge is -2.04. The summed E-state index contributed by atoms with van der Waals surface area (Å²) in [6.07, 6.45) is 8.85. The molecule has 1 aromatic carbocycles. The van der Waals surface area contributed by atoms with Crippen molar-refractivity contribution in [1.29, 1.82) is 0 Å². The number of fused-ring (bicyclic) bond motifs is 3. The van der Waals surface area contributed by atoms with Gasteiger partial charge in [0.2, 0.25) is 0 Å². The van der Waals surface area contributed by atoms with Crippen molar-refractivity contribution in [1.82, 2.24) is 24.6 Å². The van der Waals surface area contributed by atoms with Crippen molar-refractivity contribution in [3.8, 4) is 23.7 Å². The third-order valence-electron chi connectivity index (χ3n) is 3.35. The first-order chi connectivity index (χ1) is 11.4. The molecule has 0 radical (unpaired) electrons. The molecule has 0 unspecified atom stereocenters. The van der Waals surface area contributed by atoms with Crippen LogP contribution in [-0.2, 0) is 0 Å². The summed E-state index contributed by atoms with van der Waals surface area (Å²) in [6, 6.07) is 11.7. The van der Waals surface area contributed by atoms with Gasteiger partial charge >= 0.3 is 0 Å². The predicted molar refractivity (Wildman–Crippen MR) is 91.1 cm³/mol. The van der Waals surface area contributed by atoms with Crippen LogP contribution in [0.15, 0.2) is 53.9 Å². The molecule has 0 aliphatic carbocycles. The molecule has 110 valence electrons. The molecule has 0 aliphatic heterocycles. The number of hydrogen-bond acceptors (Lipinski definition) is 5. The number of hydrogen-bond donors (Lipinski definition) is 0. The lowest BCUT2D eigenvalue weighted by molar-refractivity contribution is 0.812. The zero-order chi connectivity index (χ0) is 15.6. The Bertz CT molecular complexity index is 1030. The second kappa shape index (κ2) is 5.71. The van der Waals surface area contributed by atoms with Gasteiger partial charge in [-0.3, -0.25) is 4.98 Å². The first kappa shape index (κ1) is 13.7. The minimum absolute atomic E-state index is 0.530. The molecule has 5 nitrogen and oxygen atoms in total. The number of nitrogens with zero attached hydrogens (tertiary/aromatic N) is 5. The number of para-hydroxylation sites is 1. The largest absolute Gasteiger partial charge is 0.264 e. The van der Waals surface area contributed by atoms with Gasteiger partial charge in [0.15, 0.2) is 16.6 Å². The second-order valence-corrected chi connectivity index (χ2v) is 5.76. The Hall–Kier alpha value is -2.91. The molecule has 0 bridgehead atoms. The van der Waals surface area contributed by atoms with E-state index in [1.54, 1.807) is 16.9 Å². The van der Waals surface area contributed by atoms with Crippen LogP contribution in [0.3, 0.4) is 0 Å². The van der Waals surface area contributed by atoms with Crippen LogP contribution >= 0.6 is 11.8 Å². The number of aromatic nitrogens is 5. The lowest BCUT2D eigenvalue weighted by atomic mass is 10.2. The minimum Gasteiger partial charge on any atom is -0.264 e. The minimum atomic E-state index is 0.530. The summed E-state index contributed by atoms with van der Waals surface area (Å²) in [4.78, 5) is 13.5. The topological polar surface area (TPSA) is 56.0 Å². The van der Waals surface area contributed by atoms with Crippen LogP contribution in [0.5, 0.6) is 0 Å². The van der Waals surface area contributed by atoms with E-state index in [1.807, 2.05) is 36.4 Å². The lowest BCUT2D eigenvalue weighted by Crippen LogP contribution is -1.98. The summed E-state index contributed by atoms with van der Waals surface area (Å²) in [7, 11) is 0. The molecule has 0 atom stereocenters. The van der Waals surface area contributed by atoms with E-state index < -0.39 is 0 Å². The number of pyridine rings is 1. The quantitative estimate of drug-likeness (QED) is 0.330. The van der Waals surface area contributed by atoms with Gasteiger partial charge in [-0.2, -0.15) is 4.52 Å². The van der Waals surface area contributed by atoms with Crippen LogP contribution in [0.1, 0.15) is 0 Å². The third kappa shape index (κ3) is 2.41. The summed E-state index contributed by atoms with van der Waals surface area (Å²) in [6.45, 7) is 0. The molecule has 23 heavy (non-hydrogen) atoms. The van der Waals surface area contributed by atoms with Crippen molar-refractivity contribution < 1.29 is 0 Å². The van der Waals surface area contributed by atoms with Gasteiger partial charge in [-0.25, -0.2) is 9.97 Å². The van der Waals surface area contributed by atoms with E-state index in [0.29, 0.717) is 11.6 Å². The van der Waals surface area contributed by atoms with E-state index in [4.69, 9.17) is 6.42 Å². The third-order valence-corrected chi connectivity index (χ3v) is 4.19. The van der Waals surface area contributed by atoms with E-state index in [0.717, 1.165) is 27.3 Å².